The van der Waals surface area contributed by atoms with Gasteiger partial charge in [-0.1, -0.05) is 60.7 Å². The van der Waals surface area contributed by atoms with Crippen molar-refractivity contribution in [3.05, 3.63) is 115 Å². The third-order valence-corrected chi connectivity index (χ3v) is 7.20. The Bertz CT molecular complexity index is 1320. The lowest BCUT2D eigenvalue weighted by Crippen LogP contribution is -2.30. The highest BCUT2D eigenvalue weighted by Gasteiger charge is 2.23. The first kappa shape index (κ1) is 22.3. The van der Waals surface area contributed by atoms with Crippen molar-refractivity contribution in [3.63, 3.8) is 0 Å². The first-order chi connectivity index (χ1) is 16.0. The van der Waals surface area contributed by atoms with Gasteiger partial charge in [-0.05, 0) is 66.6 Å². The van der Waals surface area contributed by atoms with E-state index in [1.165, 1.54) is 28.6 Å². The van der Waals surface area contributed by atoms with E-state index in [9.17, 15) is 13.2 Å². The third kappa shape index (κ3) is 4.96. The van der Waals surface area contributed by atoms with Crippen molar-refractivity contribution >= 4 is 27.3 Å². The van der Waals surface area contributed by atoms with Crippen molar-refractivity contribution in [2.75, 3.05) is 16.2 Å². The minimum absolute atomic E-state index is 0.136. The molecule has 4 rings (SSSR count). The van der Waals surface area contributed by atoms with Crippen LogP contribution in [0, 0.1) is 0 Å². The molecule has 0 aliphatic carbocycles. The van der Waals surface area contributed by atoms with Crippen LogP contribution in [0.2, 0.25) is 0 Å². The van der Waals surface area contributed by atoms with Gasteiger partial charge in [-0.3, -0.25) is 9.10 Å². The number of amides is 1. The van der Waals surface area contributed by atoms with Gasteiger partial charge in [0.05, 0.1) is 10.6 Å². The summed E-state index contributed by atoms with van der Waals surface area (Å²) >= 11 is 0. The van der Waals surface area contributed by atoms with Gasteiger partial charge in [0, 0.05) is 17.8 Å². The summed E-state index contributed by atoms with van der Waals surface area (Å²) in [6.07, 6.45) is 0. The zero-order valence-electron chi connectivity index (χ0n) is 18.2. The molecule has 0 unspecified atom stereocenters. The highest BCUT2D eigenvalue weighted by molar-refractivity contribution is 7.92. The fraction of sp³-hybridized carbons (Fsp3) is 0.0741. The Hall–Kier alpha value is -3.90. The zero-order valence-corrected chi connectivity index (χ0v) is 19.0. The van der Waals surface area contributed by atoms with Gasteiger partial charge in [0.15, 0.2) is 0 Å². The Balaban J connectivity index is 1.48. The van der Waals surface area contributed by atoms with Gasteiger partial charge in [0.25, 0.3) is 15.9 Å². The summed E-state index contributed by atoms with van der Waals surface area (Å²) < 4.78 is 27.6. The predicted octanol–water partition coefficient (Wildman–Crippen LogP) is 5.82. The molecule has 0 aliphatic heterocycles. The molecule has 0 saturated heterocycles. The smallest absolute Gasteiger partial charge is 0.264 e. The molecule has 0 atom stereocenters. The maximum Gasteiger partial charge on any atom is 0.264 e. The lowest BCUT2D eigenvalue weighted by molar-refractivity contribution is 0.102. The number of rotatable bonds is 7. The molecule has 0 heterocycles. The summed E-state index contributed by atoms with van der Waals surface area (Å²) in [5.41, 5.74) is 3.80. The number of sulfonamides is 1. The van der Waals surface area contributed by atoms with Crippen LogP contribution in [0.1, 0.15) is 17.3 Å². The SMILES string of the molecule is CCN(c1ccccc1)S(=O)(=O)c1ccc(C(=O)Nc2ccc(-c3ccccc3)cc2)cc1. The minimum Gasteiger partial charge on any atom is -0.322 e. The maximum absolute atomic E-state index is 13.1. The van der Waals surface area contributed by atoms with Crippen LogP contribution in [0.15, 0.2) is 114 Å². The predicted molar refractivity (Wildman–Crippen MR) is 133 cm³/mol. The second kappa shape index (κ2) is 9.71. The molecule has 0 saturated carbocycles. The number of hydrogen-bond donors (Lipinski definition) is 1. The number of anilines is 2. The maximum atomic E-state index is 13.1. The summed E-state index contributed by atoms with van der Waals surface area (Å²) in [7, 11) is -3.74. The van der Waals surface area contributed by atoms with Crippen LogP contribution in [-0.2, 0) is 10.0 Å². The fourth-order valence-corrected chi connectivity index (χ4v) is 5.04. The van der Waals surface area contributed by atoms with Crippen molar-refractivity contribution in [1.29, 1.82) is 0 Å². The number of carbonyl (C=O) groups is 1. The summed E-state index contributed by atoms with van der Waals surface area (Å²) in [5, 5.41) is 2.86. The Labute approximate surface area is 194 Å². The van der Waals surface area contributed by atoms with Crippen LogP contribution < -0.4 is 9.62 Å². The van der Waals surface area contributed by atoms with Crippen LogP contribution >= 0.6 is 0 Å². The highest BCUT2D eigenvalue weighted by Crippen LogP contribution is 2.24. The van der Waals surface area contributed by atoms with E-state index in [2.05, 4.69) is 5.32 Å². The highest BCUT2D eigenvalue weighted by atomic mass is 32.2. The van der Waals surface area contributed by atoms with E-state index in [0.29, 0.717) is 23.5 Å². The Morgan fingerprint density at radius 1 is 0.727 bits per heavy atom. The van der Waals surface area contributed by atoms with Crippen LogP contribution in [0.4, 0.5) is 11.4 Å². The summed E-state index contributed by atoms with van der Waals surface area (Å²) in [6, 6.07) is 32.5. The number of carbonyl (C=O) groups excluding carboxylic acids is 1. The second-order valence-corrected chi connectivity index (χ2v) is 9.29. The van der Waals surface area contributed by atoms with Gasteiger partial charge >= 0.3 is 0 Å². The third-order valence-electron chi connectivity index (χ3n) is 5.29. The number of nitrogens with zero attached hydrogens (tertiary/aromatic N) is 1. The summed E-state index contributed by atoms with van der Waals surface area (Å²) in [5.74, 6) is -0.304. The number of nitrogens with one attached hydrogen (secondary N) is 1. The molecule has 1 N–H and O–H groups in total. The van der Waals surface area contributed by atoms with Crippen molar-refractivity contribution in [2.45, 2.75) is 11.8 Å². The molecule has 0 aliphatic rings. The van der Waals surface area contributed by atoms with E-state index < -0.39 is 10.0 Å². The van der Waals surface area contributed by atoms with Gasteiger partial charge in [-0.2, -0.15) is 0 Å². The molecule has 166 valence electrons. The second-order valence-electron chi connectivity index (χ2n) is 7.43. The molecule has 0 aromatic heterocycles. The van der Waals surface area contributed by atoms with E-state index in [1.54, 1.807) is 31.2 Å². The number of hydrogen-bond acceptors (Lipinski definition) is 3. The molecule has 0 radical (unpaired) electrons. The van der Waals surface area contributed by atoms with E-state index in [-0.39, 0.29) is 10.8 Å². The molecule has 4 aromatic rings. The van der Waals surface area contributed by atoms with E-state index in [4.69, 9.17) is 0 Å². The molecular weight excluding hydrogens is 432 g/mol. The van der Waals surface area contributed by atoms with E-state index in [1.807, 2.05) is 60.7 Å². The first-order valence-electron chi connectivity index (χ1n) is 10.6. The lowest BCUT2D eigenvalue weighted by Gasteiger charge is -2.23. The quantitative estimate of drug-likeness (QED) is 0.381. The van der Waals surface area contributed by atoms with Crippen molar-refractivity contribution in [2.24, 2.45) is 0 Å². The van der Waals surface area contributed by atoms with Crippen molar-refractivity contribution in [3.8, 4) is 11.1 Å². The average Bonchev–Trinajstić information content (AvgIpc) is 2.86. The summed E-state index contributed by atoms with van der Waals surface area (Å²) in [6.45, 7) is 2.09. The number of benzene rings is 4. The monoisotopic (exact) mass is 456 g/mol. The topological polar surface area (TPSA) is 66.5 Å². The van der Waals surface area contributed by atoms with E-state index >= 15 is 0 Å². The van der Waals surface area contributed by atoms with Gasteiger partial charge in [-0.25, -0.2) is 8.42 Å². The molecule has 4 aromatic carbocycles. The largest absolute Gasteiger partial charge is 0.322 e. The molecule has 0 bridgehead atoms. The van der Waals surface area contributed by atoms with Crippen molar-refractivity contribution < 1.29 is 13.2 Å². The summed E-state index contributed by atoms with van der Waals surface area (Å²) in [4.78, 5) is 12.8. The Morgan fingerprint density at radius 2 is 1.27 bits per heavy atom. The first-order valence-corrected chi connectivity index (χ1v) is 12.1. The molecule has 0 fully saturated rings. The molecular formula is C27H24N2O3S. The molecule has 5 nitrogen and oxygen atoms in total. The van der Waals surface area contributed by atoms with Crippen LogP contribution in [0.25, 0.3) is 11.1 Å². The molecule has 0 spiro atoms. The zero-order chi connectivity index (χ0) is 23.3. The Morgan fingerprint density at radius 3 is 1.85 bits per heavy atom. The van der Waals surface area contributed by atoms with Crippen LogP contribution in [-0.4, -0.2) is 20.9 Å². The average molecular weight is 457 g/mol. The molecule has 6 heteroatoms. The van der Waals surface area contributed by atoms with Gasteiger partial charge in [-0.15, -0.1) is 0 Å². The lowest BCUT2D eigenvalue weighted by atomic mass is 10.1. The normalized spacial score (nSPS) is 11.1. The van der Waals surface area contributed by atoms with Gasteiger partial charge in [0.2, 0.25) is 0 Å². The number of para-hydroxylation sites is 1. The van der Waals surface area contributed by atoms with Crippen LogP contribution in [0.3, 0.4) is 0 Å². The molecule has 33 heavy (non-hydrogen) atoms. The molecule has 1 amide bonds. The Kier molecular flexibility index (Phi) is 6.56. The van der Waals surface area contributed by atoms with E-state index in [0.717, 1.165) is 11.1 Å². The van der Waals surface area contributed by atoms with Gasteiger partial charge < -0.3 is 5.32 Å². The van der Waals surface area contributed by atoms with Gasteiger partial charge in [0.1, 0.15) is 0 Å². The fourth-order valence-electron chi connectivity index (χ4n) is 3.57. The standard InChI is InChI=1S/C27H24N2O3S/c1-2-29(25-11-7-4-8-12-25)33(31,32)26-19-15-23(16-20-26)27(30)28-24-17-13-22(14-18-24)21-9-5-3-6-10-21/h3-20H,2H2,1H3,(H,28,30). The van der Waals surface area contributed by atoms with Crippen molar-refractivity contribution in [1.82, 2.24) is 0 Å². The minimum atomic E-state index is -3.74. The van der Waals surface area contributed by atoms with Crippen LogP contribution in [0.5, 0.6) is 0 Å².